The smallest absolute Gasteiger partial charge is 0.0156 e. The number of hydrogen-bond acceptors (Lipinski definition) is 2. The summed E-state index contributed by atoms with van der Waals surface area (Å²) < 4.78 is 0. The van der Waals surface area contributed by atoms with Gasteiger partial charge in [0, 0.05) is 17.0 Å². The third kappa shape index (κ3) is 5.26. The highest BCUT2D eigenvalue weighted by molar-refractivity contribution is 7.99. The summed E-state index contributed by atoms with van der Waals surface area (Å²) in [6, 6.07) is 0.414. The van der Waals surface area contributed by atoms with Gasteiger partial charge in [0.05, 0.1) is 0 Å². The molecule has 0 bridgehead atoms. The third-order valence-electron chi connectivity index (χ3n) is 3.55. The summed E-state index contributed by atoms with van der Waals surface area (Å²) in [6.45, 7) is 4.55. The molecule has 0 aromatic heterocycles. The van der Waals surface area contributed by atoms with Crippen LogP contribution in [0.25, 0.3) is 0 Å². The quantitative estimate of drug-likeness (QED) is 0.749. The molecule has 15 heavy (non-hydrogen) atoms. The molecule has 1 rings (SSSR count). The van der Waals surface area contributed by atoms with Crippen molar-refractivity contribution in [2.45, 2.75) is 70.1 Å². The average Bonchev–Trinajstić information content (AvgIpc) is 2.27. The first-order valence-electron chi connectivity index (χ1n) is 6.61. The van der Waals surface area contributed by atoms with E-state index >= 15 is 0 Å². The fourth-order valence-electron chi connectivity index (χ4n) is 2.31. The van der Waals surface area contributed by atoms with Crippen molar-refractivity contribution >= 4 is 11.8 Å². The van der Waals surface area contributed by atoms with Gasteiger partial charge < -0.3 is 5.73 Å². The van der Waals surface area contributed by atoms with Gasteiger partial charge in [-0.15, -0.1) is 0 Å². The maximum atomic E-state index is 6.20. The topological polar surface area (TPSA) is 26.0 Å². The summed E-state index contributed by atoms with van der Waals surface area (Å²) in [4.78, 5) is 0. The Bertz CT molecular complexity index is 155. The van der Waals surface area contributed by atoms with Crippen molar-refractivity contribution in [3.05, 3.63) is 0 Å². The van der Waals surface area contributed by atoms with Crippen LogP contribution >= 0.6 is 11.8 Å². The minimum absolute atomic E-state index is 0.414. The maximum Gasteiger partial charge on any atom is 0.0156 e. The molecule has 0 saturated heterocycles. The summed E-state index contributed by atoms with van der Waals surface area (Å²) in [7, 11) is 0. The van der Waals surface area contributed by atoms with E-state index in [-0.39, 0.29) is 0 Å². The van der Waals surface area contributed by atoms with E-state index in [9.17, 15) is 0 Å². The standard InChI is InChI=1S/C13H27NS/c1-3-7-11(2)13(14)10-15-12-8-5-4-6-9-12/h11-13H,3-10,14H2,1-2H3. The molecular formula is C13H27NS. The summed E-state index contributed by atoms with van der Waals surface area (Å²) in [5.74, 6) is 1.87. The summed E-state index contributed by atoms with van der Waals surface area (Å²) in [5.41, 5.74) is 6.20. The molecule has 0 aromatic carbocycles. The molecule has 2 N–H and O–H groups in total. The molecule has 1 saturated carbocycles. The van der Waals surface area contributed by atoms with E-state index in [0.29, 0.717) is 12.0 Å². The SMILES string of the molecule is CCCC(C)C(N)CSC1CCCCC1. The molecule has 1 aliphatic rings. The van der Waals surface area contributed by atoms with Crippen LogP contribution in [0.2, 0.25) is 0 Å². The monoisotopic (exact) mass is 229 g/mol. The van der Waals surface area contributed by atoms with E-state index in [4.69, 9.17) is 5.73 Å². The molecule has 2 heteroatoms. The molecule has 2 atom stereocenters. The highest BCUT2D eigenvalue weighted by Gasteiger charge is 2.17. The normalized spacial score (nSPS) is 22.6. The van der Waals surface area contributed by atoms with Gasteiger partial charge in [-0.05, 0) is 25.2 Å². The van der Waals surface area contributed by atoms with Gasteiger partial charge >= 0.3 is 0 Å². The van der Waals surface area contributed by atoms with Gasteiger partial charge in [-0.1, -0.05) is 39.5 Å². The van der Waals surface area contributed by atoms with Crippen molar-refractivity contribution in [1.29, 1.82) is 0 Å². The van der Waals surface area contributed by atoms with Crippen LogP contribution < -0.4 is 5.73 Å². The number of nitrogens with two attached hydrogens (primary N) is 1. The average molecular weight is 229 g/mol. The molecule has 1 aliphatic carbocycles. The van der Waals surface area contributed by atoms with Crippen molar-refractivity contribution in [1.82, 2.24) is 0 Å². The van der Waals surface area contributed by atoms with Crippen molar-refractivity contribution in [3.63, 3.8) is 0 Å². The molecule has 0 aliphatic heterocycles. The highest BCUT2D eigenvalue weighted by atomic mass is 32.2. The van der Waals surface area contributed by atoms with Crippen LogP contribution in [0.15, 0.2) is 0 Å². The van der Waals surface area contributed by atoms with Gasteiger partial charge in [-0.25, -0.2) is 0 Å². The predicted molar refractivity (Wildman–Crippen MR) is 71.4 cm³/mol. The molecule has 0 amide bonds. The van der Waals surface area contributed by atoms with Crippen LogP contribution in [0, 0.1) is 5.92 Å². The lowest BCUT2D eigenvalue weighted by molar-refractivity contribution is 0.448. The summed E-state index contributed by atoms with van der Waals surface area (Å²) in [5, 5.41) is 0.915. The van der Waals surface area contributed by atoms with Gasteiger partial charge in [-0.3, -0.25) is 0 Å². The third-order valence-corrected chi connectivity index (χ3v) is 5.07. The summed E-state index contributed by atoms with van der Waals surface area (Å²) in [6.07, 6.45) is 9.75. The molecule has 1 nitrogen and oxygen atoms in total. The fraction of sp³-hybridized carbons (Fsp3) is 1.00. The lowest BCUT2D eigenvalue weighted by Gasteiger charge is -2.24. The van der Waals surface area contributed by atoms with Gasteiger partial charge in [-0.2, -0.15) is 11.8 Å². The lowest BCUT2D eigenvalue weighted by atomic mass is 9.99. The molecule has 0 aromatic rings. The minimum atomic E-state index is 0.414. The minimum Gasteiger partial charge on any atom is -0.327 e. The van der Waals surface area contributed by atoms with Gasteiger partial charge in [0.2, 0.25) is 0 Å². The Labute approximate surface area is 99.6 Å². The number of thioether (sulfide) groups is 1. The lowest BCUT2D eigenvalue weighted by Crippen LogP contribution is -2.31. The van der Waals surface area contributed by atoms with E-state index in [0.717, 1.165) is 5.25 Å². The second-order valence-corrected chi connectivity index (χ2v) is 6.36. The maximum absolute atomic E-state index is 6.20. The highest BCUT2D eigenvalue weighted by Crippen LogP contribution is 2.29. The fourth-order valence-corrected chi connectivity index (χ4v) is 3.80. The summed E-state index contributed by atoms with van der Waals surface area (Å²) >= 11 is 2.13. The first-order chi connectivity index (χ1) is 7.24. The van der Waals surface area contributed by atoms with E-state index in [1.165, 1.54) is 50.7 Å². The van der Waals surface area contributed by atoms with Gasteiger partial charge in [0.25, 0.3) is 0 Å². The molecule has 2 unspecified atom stereocenters. The van der Waals surface area contributed by atoms with Crippen molar-refractivity contribution in [3.8, 4) is 0 Å². The van der Waals surface area contributed by atoms with E-state index in [1.807, 2.05) is 0 Å². The first kappa shape index (κ1) is 13.4. The zero-order valence-electron chi connectivity index (χ0n) is 10.4. The van der Waals surface area contributed by atoms with Crippen molar-refractivity contribution in [2.75, 3.05) is 5.75 Å². The number of rotatable bonds is 6. The van der Waals surface area contributed by atoms with Crippen LogP contribution in [0.4, 0.5) is 0 Å². The molecule has 1 fully saturated rings. The van der Waals surface area contributed by atoms with Crippen LogP contribution in [0.3, 0.4) is 0 Å². The first-order valence-corrected chi connectivity index (χ1v) is 7.66. The Kier molecular flexibility index (Phi) is 6.74. The second kappa shape index (κ2) is 7.56. The van der Waals surface area contributed by atoms with Crippen LogP contribution in [0.1, 0.15) is 58.8 Å². The Morgan fingerprint density at radius 1 is 1.27 bits per heavy atom. The Morgan fingerprint density at radius 2 is 1.93 bits per heavy atom. The largest absolute Gasteiger partial charge is 0.327 e. The van der Waals surface area contributed by atoms with Crippen LogP contribution in [-0.4, -0.2) is 17.0 Å². The van der Waals surface area contributed by atoms with E-state index < -0.39 is 0 Å². The van der Waals surface area contributed by atoms with Gasteiger partial charge in [0.1, 0.15) is 0 Å². The predicted octanol–water partition coefficient (Wildman–Crippen LogP) is 3.82. The Morgan fingerprint density at radius 3 is 2.53 bits per heavy atom. The van der Waals surface area contributed by atoms with Crippen molar-refractivity contribution < 1.29 is 0 Å². The van der Waals surface area contributed by atoms with Crippen molar-refractivity contribution in [2.24, 2.45) is 11.7 Å². The number of hydrogen-bond donors (Lipinski definition) is 1. The Balaban J connectivity index is 2.11. The molecule has 0 spiro atoms. The Hall–Kier alpha value is 0.310. The van der Waals surface area contributed by atoms with E-state index in [2.05, 4.69) is 25.6 Å². The second-order valence-electron chi connectivity index (χ2n) is 5.02. The van der Waals surface area contributed by atoms with Crippen LogP contribution in [-0.2, 0) is 0 Å². The molecular weight excluding hydrogens is 202 g/mol. The molecule has 90 valence electrons. The molecule has 0 radical (unpaired) electrons. The van der Waals surface area contributed by atoms with Crippen LogP contribution in [0.5, 0.6) is 0 Å². The molecule has 0 heterocycles. The van der Waals surface area contributed by atoms with E-state index in [1.54, 1.807) is 0 Å². The zero-order valence-corrected chi connectivity index (χ0v) is 11.2. The van der Waals surface area contributed by atoms with Gasteiger partial charge in [0.15, 0.2) is 0 Å². The zero-order chi connectivity index (χ0) is 11.1.